The van der Waals surface area contributed by atoms with E-state index in [9.17, 15) is 9.18 Å². The van der Waals surface area contributed by atoms with Crippen molar-refractivity contribution in [1.82, 2.24) is 4.98 Å². The number of halogens is 3. The number of carbonyl (C=O) groups is 1. The summed E-state index contributed by atoms with van der Waals surface area (Å²) in [5.41, 5.74) is -0.114. The van der Waals surface area contributed by atoms with Gasteiger partial charge in [-0.25, -0.2) is 14.2 Å². The number of benzene rings is 1. The van der Waals surface area contributed by atoms with Crippen LogP contribution in [0.5, 0.6) is 0 Å². The fraction of sp³-hybridized carbons (Fsp3) is 0.0909. The van der Waals surface area contributed by atoms with E-state index in [1.165, 1.54) is 19.2 Å². The normalized spacial score (nSPS) is 10.6. The molecule has 0 amide bonds. The quantitative estimate of drug-likeness (QED) is 0.747. The smallest absolute Gasteiger partial charge is 0.356 e. The van der Waals surface area contributed by atoms with E-state index in [0.29, 0.717) is 0 Å². The average molecular weight is 274 g/mol. The molecule has 0 fully saturated rings. The highest BCUT2D eigenvalue weighted by Gasteiger charge is 2.15. The molecular weight excluding hydrogens is 268 g/mol. The molecule has 3 nitrogen and oxygen atoms in total. The largest absolute Gasteiger partial charge is 0.464 e. The van der Waals surface area contributed by atoms with Crippen molar-refractivity contribution in [3.8, 4) is 0 Å². The van der Waals surface area contributed by atoms with Crippen LogP contribution in [0.15, 0.2) is 18.2 Å². The van der Waals surface area contributed by atoms with Crippen molar-refractivity contribution in [2.75, 3.05) is 7.11 Å². The predicted molar refractivity (Wildman–Crippen MR) is 63.1 cm³/mol. The molecule has 0 aliphatic carbocycles. The number of aromatic nitrogens is 1. The minimum absolute atomic E-state index is 0.0506. The number of hydrogen-bond donors (Lipinski definition) is 0. The molecule has 1 aromatic heterocycles. The van der Waals surface area contributed by atoms with E-state index in [1.54, 1.807) is 0 Å². The van der Waals surface area contributed by atoms with Crippen LogP contribution in [0.1, 0.15) is 10.5 Å². The van der Waals surface area contributed by atoms with Crippen LogP contribution in [0.3, 0.4) is 0 Å². The summed E-state index contributed by atoms with van der Waals surface area (Å²) in [6, 6.07) is 3.83. The number of esters is 1. The van der Waals surface area contributed by atoms with Crippen LogP contribution in [0.4, 0.5) is 4.39 Å². The van der Waals surface area contributed by atoms with Gasteiger partial charge in [-0.1, -0.05) is 23.2 Å². The Labute approximate surface area is 106 Å². The molecule has 0 saturated heterocycles. The van der Waals surface area contributed by atoms with Crippen LogP contribution >= 0.6 is 23.2 Å². The molecule has 0 atom stereocenters. The Bertz CT molecular complexity index is 616. The average Bonchev–Trinajstić information content (AvgIpc) is 2.32. The molecule has 17 heavy (non-hydrogen) atoms. The van der Waals surface area contributed by atoms with Gasteiger partial charge in [-0.3, -0.25) is 0 Å². The summed E-state index contributed by atoms with van der Waals surface area (Å²) in [7, 11) is 1.20. The molecule has 0 radical (unpaired) electrons. The summed E-state index contributed by atoms with van der Waals surface area (Å²) >= 11 is 11.8. The first-order valence-corrected chi connectivity index (χ1v) is 5.32. The highest BCUT2D eigenvalue weighted by atomic mass is 35.5. The Balaban J connectivity index is 2.82. The third kappa shape index (κ3) is 2.06. The van der Waals surface area contributed by atoms with Gasteiger partial charge in [0.25, 0.3) is 0 Å². The zero-order valence-electron chi connectivity index (χ0n) is 8.63. The highest BCUT2D eigenvalue weighted by molar-refractivity contribution is 6.42. The fourth-order valence-electron chi connectivity index (χ4n) is 1.43. The minimum Gasteiger partial charge on any atom is -0.464 e. The summed E-state index contributed by atoms with van der Waals surface area (Å²) in [5, 5.41) is 0.705. The zero-order valence-corrected chi connectivity index (χ0v) is 10.1. The van der Waals surface area contributed by atoms with Crippen molar-refractivity contribution in [1.29, 1.82) is 0 Å². The Kier molecular flexibility index (Phi) is 3.17. The lowest BCUT2D eigenvalue weighted by Crippen LogP contribution is -2.05. The summed E-state index contributed by atoms with van der Waals surface area (Å²) in [6.07, 6.45) is 0. The van der Waals surface area contributed by atoms with Crippen LogP contribution < -0.4 is 0 Å². The monoisotopic (exact) mass is 273 g/mol. The van der Waals surface area contributed by atoms with Crippen LogP contribution in [0.2, 0.25) is 10.0 Å². The van der Waals surface area contributed by atoms with E-state index in [0.717, 1.165) is 6.07 Å². The lowest BCUT2D eigenvalue weighted by Gasteiger charge is -2.06. The van der Waals surface area contributed by atoms with Gasteiger partial charge in [0.05, 0.1) is 17.2 Å². The molecular formula is C11H6Cl2FNO2. The van der Waals surface area contributed by atoms with Gasteiger partial charge in [0, 0.05) is 5.39 Å². The Morgan fingerprint density at radius 1 is 1.35 bits per heavy atom. The molecule has 0 unspecified atom stereocenters. The van der Waals surface area contributed by atoms with Crippen molar-refractivity contribution >= 4 is 40.1 Å². The highest BCUT2D eigenvalue weighted by Crippen LogP contribution is 2.31. The molecule has 2 aromatic rings. The number of methoxy groups -OCH3 is 1. The van der Waals surface area contributed by atoms with E-state index < -0.39 is 11.8 Å². The SMILES string of the molecule is COC(=O)c1cc(Cl)c2c(Cl)ccc(F)c2n1. The second-order valence-corrected chi connectivity index (χ2v) is 4.05. The molecule has 6 heteroatoms. The molecule has 1 heterocycles. The first kappa shape index (κ1) is 12.1. The van der Waals surface area contributed by atoms with Gasteiger partial charge in [-0.05, 0) is 18.2 Å². The molecule has 0 N–H and O–H groups in total. The topological polar surface area (TPSA) is 39.2 Å². The van der Waals surface area contributed by atoms with Crippen molar-refractivity contribution in [2.24, 2.45) is 0 Å². The van der Waals surface area contributed by atoms with E-state index >= 15 is 0 Å². The number of ether oxygens (including phenoxy) is 1. The molecule has 0 aliphatic heterocycles. The van der Waals surface area contributed by atoms with Gasteiger partial charge < -0.3 is 4.74 Å². The van der Waals surface area contributed by atoms with Gasteiger partial charge >= 0.3 is 5.97 Å². The minimum atomic E-state index is -0.687. The Hall–Kier alpha value is -1.39. The van der Waals surface area contributed by atoms with Gasteiger partial charge in [-0.15, -0.1) is 0 Å². The van der Waals surface area contributed by atoms with Crippen molar-refractivity contribution in [3.63, 3.8) is 0 Å². The van der Waals surface area contributed by atoms with Gasteiger partial charge in [-0.2, -0.15) is 0 Å². The third-order valence-electron chi connectivity index (χ3n) is 2.21. The van der Waals surface area contributed by atoms with E-state index in [-0.39, 0.29) is 26.6 Å². The molecule has 0 spiro atoms. The maximum Gasteiger partial charge on any atom is 0.356 e. The second kappa shape index (κ2) is 4.47. The number of hydrogen-bond acceptors (Lipinski definition) is 3. The zero-order chi connectivity index (χ0) is 12.6. The fourth-order valence-corrected chi connectivity index (χ4v) is 2.03. The summed E-state index contributed by atoms with van der Waals surface area (Å²) < 4.78 is 18.1. The van der Waals surface area contributed by atoms with Crippen molar-refractivity contribution in [2.45, 2.75) is 0 Å². The summed E-state index contributed by atoms with van der Waals surface area (Å²) in [4.78, 5) is 15.2. The van der Waals surface area contributed by atoms with Crippen LogP contribution in [0.25, 0.3) is 10.9 Å². The van der Waals surface area contributed by atoms with Crippen LogP contribution in [-0.2, 0) is 4.74 Å². The van der Waals surface area contributed by atoms with Gasteiger partial charge in [0.15, 0.2) is 5.69 Å². The van der Waals surface area contributed by atoms with E-state index in [2.05, 4.69) is 9.72 Å². The summed E-state index contributed by atoms with van der Waals surface area (Å²) in [6.45, 7) is 0. The Morgan fingerprint density at radius 2 is 2.06 bits per heavy atom. The third-order valence-corrected chi connectivity index (χ3v) is 2.82. The first-order chi connectivity index (χ1) is 8.04. The number of nitrogens with zero attached hydrogens (tertiary/aromatic N) is 1. The maximum atomic E-state index is 13.6. The van der Waals surface area contributed by atoms with Gasteiger partial charge in [0.1, 0.15) is 11.3 Å². The predicted octanol–water partition coefficient (Wildman–Crippen LogP) is 3.47. The van der Waals surface area contributed by atoms with Crippen LogP contribution in [0, 0.1) is 5.82 Å². The second-order valence-electron chi connectivity index (χ2n) is 3.23. The molecule has 0 bridgehead atoms. The molecule has 2 rings (SSSR count). The maximum absolute atomic E-state index is 13.6. The Morgan fingerprint density at radius 3 is 2.71 bits per heavy atom. The molecule has 1 aromatic carbocycles. The lowest BCUT2D eigenvalue weighted by molar-refractivity contribution is 0.0594. The van der Waals surface area contributed by atoms with E-state index in [4.69, 9.17) is 23.2 Å². The lowest BCUT2D eigenvalue weighted by atomic mass is 10.2. The first-order valence-electron chi connectivity index (χ1n) is 4.57. The standard InChI is InChI=1S/C11H6Cl2FNO2/c1-17-11(16)8-4-6(13)9-5(12)2-3-7(14)10(9)15-8/h2-4H,1H3. The van der Waals surface area contributed by atoms with Crippen molar-refractivity contribution in [3.05, 3.63) is 39.8 Å². The number of carbonyl (C=O) groups excluding carboxylic acids is 1. The van der Waals surface area contributed by atoms with Crippen molar-refractivity contribution < 1.29 is 13.9 Å². The van der Waals surface area contributed by atoms with Crippen LogP contribution in [-0.4, -0.2) is 18.1 Å². The molecule has 0 aliphatic rings. The number of rotatable bonds is 1. The van der Waals surface area contributed by atoms with Gasteiger partial charge in [0.2, 0.25) is 0 Å². The molecule has 88 valence electrons. The number of fused-ring (bicyclic) bond motifs is 1. The summed E-state index contributed by atoms with van der Waals surface area (Å²) in [5.74, 6) is -1.29. The number of pyridine rings is 1. The van der Waals surface area contributed by atoms with E-state index in [1.807, 2.05) is 0 Å². The molecule has 0 saturated carbocycles.